The smallest absolute Gasteiger partial charge is 0.355 e. The molecule has 0 bridgehead atoms. The molecule has 12 heteroatoms. The van der Waals surface area contributed by atoms with Crippen molar-refractivity contribution < 1.29 is 33.5 Å². The molecule has 1 fully saturated rings. The van der Waals surface area contributed by atoms with E-state index in [1.54, 1.807) is 12.1 Å². The molecule has 0 aliphatic carbocycles. The van der Waals surface area contributed by atoms with Crippen molar-refractivity contribution >= 4 is 34.9 Å². The number of anilines is 2. The Kier molecular flexibility index (Phi) is 6.93. The number of piperidine rings is 1. The van der Waals surface area contributed by atoms with Gasteiger partial charge < -0.3 is 29.7 Å². The summed E-state index contributed by atoms with van der Waals surface area (Å²) in [7, 11) is 2.34. The van der Waals surface area contributed by atoms with Crippen LogP contribution in [0.5, 0.6) is 0 Å². The zero-order valence-corrected chi connectivity index (χ0v) is 17.7. The van der Waals surface area contributed by atoms with Crippen molar-refractivity contribution in [2.75, 3.05) is 50.4 Å². The lowest BCUT2D eigenvalue weighted by Crippen LogP contribution is -2.39. The molecule has 0 aromatic heterocycles. The molecule has 3 rings (SSSR count). The molecule has 2 heterocycles. The number of amides is 1. The van der Waals surface area contributed by atoms with Crippen molar-refractivity contribution in [3.8, 4) is 0 Å². The van der Waals surface area contributed by atoms with Crippen LogP contribution in [0.1, 0.15) is 12.8 Å². The third-order valence-corrected chi connectivity index (χ3v) is 5.54. The first-order chi connectivity index (χ1) is 15.3. The second kappa shape index (κ2) is 9.64. The van der Waals surface area contributed by atoms with Crippen molar-refractivity contribution in [2.45, 2.75) is 12.8 Å². The number of carbonyl (C=O) groups is 3. The number of benzene rings is 1. The van der Waals surface area contributed by atoms with Gasteiger partial charge in [-0.1, -0.05) is 0 Å². The number of nitro groups is 1. The number of rotatable bonds is 6. The fourth-order valence-electron chi connectivity index (χ4n) is 3.85. The molecule has 0 unspecified atom stereocenters. The molecule has 1 aromatic rings. The number of nitrogens with two attached hydrogens (primary N) is 1. The molecule has 12 nitrogen and oxygen atoms in total. The van der Waals surface area contributed by atoms with Gasteiger partial charge in [0.05, 0.1) is 37.0 Å². The van der Waals surface area contributed by atoms with E-state index in [4.69, 9.17) is 19.9 Å². The Balaban J connectivity index is 1.99. The summed E-state index contributed by atoms with van der Waals surface area (Å²) in [4.78, 5) is 50.5. The summed E-state index contributed by atoms with van der Waals surface area (Å²) in [5.41, 5.74) is 5.69. The maximum absolute atomic E-state index is 12.4. The number of hydrogen-bond acceptors (Lipinski definition) is 10. The highest BCUT2D eigenvalue weighted by molar-refractivity contribution is 6.03. The van der Waals surface area contributed by atoms with Crippen molar-refractivity contribution in [3.63, 3.8) is 0 Å². The normalized spacial score (nSPS) is 17.2. The van der Waals surface area contributed by atoms with E-state index >= 15 is 0 Å². The van der Waals surface area contributed by atoms with E-state index in [0.717, 1.165) is 0 Å². The first-order valence-corrected chi connectivity index (χ1v) is 9.86. The minimum Gasteiger partial charge on any atom is -0.466 e. The Hall–Kier alpha value is -3.67. The van der Waals surface area contributed by atoms with Gasteiger partial charge in [-0.05, 0) is 25.0 Å². The zero-order valence-electron chi connectivity index (χ0n) is 17.7. The van der Waals surface area contributed by atoms with E-state index in [0.29, 0.717) is 31.6 Å². The third-order valence-electron chi connectivity index (χ3n) is 5.54. The lowest BCUT2D eigenvalue weighted by atomic mass is 9.95. The van der Waals surface area contributed by atoms with E-state index in [2.05, 4.69) is 0 Å². The van der Waals surface area contributed by atoms with Crippen LogP contribution in [0, 0.1) is 16.0 Å². The molecule has 32 heavy (non-hydrogen) atoms. The number of carbonyl (C=O) groups excluding carboxylic acids is 3. The van der Waals surface area contributed by atoms with Crippen molar-refractivity contribution in [3.05, 3.63) is 39.6 Å². The fraction of sp³-hybridized carbons (Fsp3) is 0.450. The van der Waals surface area contributed by atoms with Gasteiger partial charge in [0, 0.05) is 25.1 Å². The lowest BCUT2D eigenvalue weighted by molar-refractivity contribution is -0.384. The number of nitrogens with zero attached hydrogens (tertiary/aromatic N) is 3. The van der Waals surface area contributed by atoms with Crippen molar-refractivity contribution in [1.82, 2.24) is 0 Å². The molecule has 0 spiro atoms. The molecule has 0 radical (unpaired) electrons. The van der Waals surface area contributed by atoms with E-state index in [-0.39, 0.29) is 47.8 Å². The van der Waals surface area contributed by atoms with Gasteiger partial charge in [0.2, 0.25) is 5.91 Å². The van der Waals surface area contributed by atoms with Gasteiger partial charge in [-0.15, -0.1) is 0 Å². The number of methoxy groups -OCH3 is 2. The summed E-state index contributed by atoms with van der Waals surface area (Å²) in [6, 6.07) is 4.47. The van der Waals surface area contributed by atoms with E-state index in [1.807, 2.05) is 4.90 Å². The SMILES string of the molecule is COC(=O)C1=C(C(=O)OC)N(c2ccc(N3CCC(C(N)=O)CC3)c([N+](=O)[O-])c2)COC1. The average Bonchev–Trinajstić information content (AvgIpc) is 2.82. The monoisotopic (exact) mass is 448 g/mol. The third kappa shape index (κ3) is 4.49. The molecule has 172 valence electrons. The molecule has 2 aliphatic heterocycles. The highest BCUT2D eigenvalue weighted by atomic mass is 16.6. The molecule has 1 saturated heterocycles. The summed E-state index contributed by atoms with van der Waals surface area (Å²) < 4.78 is 14.9. The number of ether oxygens (including phenoxy) is 3. The summed E-state index contributed by atoms with van der Waals surface area (Å²) in [5, 5.41) is 11.8. The molecular formula is C20H24N4O8. The van der Waals surface area contributed by atoms with Crippen LogP contribution >= 0.6 is 0 Å². The van der Waals surface area contributed by atoms with Crippen LogP contribution in [-0.4, -0.2) is 63.4 Å². The van der Waals surface area contributed by atoms with Crippen LogP contribution in [0.3, 0.4) is 0 Å². The minimum absolute atomic E-state index is 0.0501. The Morgan fingerprint density at radius 1 is 1.16 bits per heavy atom. The summed E-state index contributed by atoms with van der Waals surface area (Å²) in [5.74, 6) is -2.18. The van der Waals surface area contributed by atoms with E-state index in [9.17, 15) is 24.5 Å². The maximum Gasteiger partial charge on any atom is 0.355 e. The average molecular weight is 448 g/mol. The molecule has 2 N–H and O–H groups in total. The van der Waals surface area contributed by atoms with Crippen LogP contribution in [0.2, 0.25) is 0 Å². The van der Waals surface area contributed by atoms with Gasteiger partial charge in [0.15, 0.2) is 0 Å². The van der Waals surface area contributed by atoms with Gasteiger partial charge in [0.1, 0.15) is 18.1 Å². The predicted octanol–water partition coefficient (Wildman–Crippen LogP) is 0.691. The van der Waals surface area contributed by atoms with Crippen LogP contribution < -0.4 is 15.5 Å². The standard InChI is InChI=1S/C20H24N4O8/c1-30-19(26)14-10-32-11-23(17(14)20(27)31-2)13-3-4-15(16(9-13)24(28)29)22-7-5-12(6-8-22)18(21)25/h3-4,9,12H,5-8,10-11H2,1-2H3,(H2,21,25). The van der Waals surface area contributed by atoms with Gasteiger partial charge >= 0.3 is 11.9 Å². The van der Waals surface area contributed by atoms with E-state index in [1.165, 1.54) is 25.2 Å². The summed E-state index contributed by atoms with van der Waals surface area (Å²) >= 11 is 0. The topological polar surface area (TPSA) is 155 Å². The molecule has 0 saturated carbocycles. The molecule has 2 aliphatic rings. The minimum atomic E-state index is -0.797. The predicted molar refractivity (Wildman–Crippen MR) is 112 cm³/mol. The summed E-state index contributed by atoms with van der Waals surface area (Å²) in [6.07, 6.45) is 1.01. The quantitative estimate of drug-likeness (QED) is 0.373. The number of esters is 2. The summed E-state index contributed by atoms with van der Waals surface area (Å²) in [6.45, 7) is 0.606. The van der Waals surface area contributed by atoms with E-state index < -0.39 is 16.9 Å². The second-order valence-corrected chi connectivity index (χ2v) is 7.31. The highest BCUT2D eigenvalue weighted by Crippen LogP contribution is 2.37. The second-order valence-electron chi connectivity index (χ2n) is 7.31. The number of hydrogen-bond donors (Lipinski definition) is 1. The molecule has 0 atom stereocenters. The van der Waals surface area contributed by atoms with Crippen LogP contribution in [0.4, 0.5) is 17.1 Å². The first-order valence-electron chi connectivity index (χ1n) is 9.86. The number of primary amides is 1. The number of nitro benzene ring substituents is 1. The largest absolute Gasteiger partial charge is 0.466 e. The van der Waals surface area contributed by atoms with Crippen LogP contribution in [0.25, 0.3) is 0 Å². The maximum atomic E-state index is 12.4. The Morgan fingerprint density at radius 2 is 1.81 bits per heavy atom. The first kappa shape index (κ1) is 23.0. The van der Waals surface area contributed by atoms with Crippen molar-refractivity contribution in [1.29, 1.82) is 0 Å². The molecule has 1 aromatic carbocycles. The molecular weight excluding hydrogens is 424 g/mol. The zero-order chi connectivity index (χ0) is 23.4. The Bertz CT molecular complexity index is 968. The highest BCUT2D eigenvalue weighted by Gasteiger charge is 2.34. The van der Waals surface area contributed by atoms with Crippen LogP contribution in [-0.2, 0) is 28.6 Å². The fourth-order valence-corrected chi connectivity index (χ4v) is 3.85. The Morgan fingerprint density at radius 3 is 2.38 bits per heavy atom. The van der Waals surface area contributed by atoms with Gasteiger partial charge in [-0.2, -0.15) is 0 Å². The van der Waals surface area contributed by atoms with Gasteiger partial charge in [-0.3, -0.25) is 14.9 Å². The van der Waals surface area contributed by atoms with Gasteiger partial charge in [-0.25, -0.2) is 9.59 Å². The van der Waals surface area contributed by atoms with Crippen LogP contribution in [0.15, 0.2) is 29.5 Å². The lowest BCUT2D eigenvalue weighted by Gasteiger charge is -2.33. The Labute approximate surface area is 183 Å². The van der Waals surface area contributed by atoms with Crippen molar-refractivity contribution in [2.24, 2.45) is 11.7 Å². The van der Waals surface area contributed by atoms with Gasteiger partial charge in [0.25, 0.3) is 5.69 Å². The molecule has 1 amide bonds.